The number of carbonyl (C=O) groups is 1. The lowest BCUT2D eigenvalue weighted by Gasteiger charge is -2.08. The topological polar surface area (TPSA) is 72.9 Å². The molecular formula is C12H10ClFN4OS. The smallest absolute Gasteiger partial charge is 0.259 e. The Balaban J connectivity index is 2.35. The van der Waals surface area contributed by atoms with Gasteiger partial charge >= 0.3 is 0 Å². The van der Waals surface area contributed by atoms with Crippen molar-refractivity contribution in [2.75, 3.05) is 5.32 Å². The number of nitrogens with zero attached hydrogens (tertiary/aromatic N) is 2. The second kappa shape index (κ2) is 5.56. The van der Waals surface area contributed by atoms with Gasteiger partial charge in [0.1, 0.15) is 16.6 Å². The zero-order chi connectivity index (χ0) is 14.9. The van der Waals surface area contributed by atoms with Crippen molar-refractivity contribution in [3.63, 3.8) is 0 Å². The summed E-state index contributed by atoms with van der Waals surface area (Å²) in [7, 11) is 1.60. The van der Waals surface area contributed by atoms with Crippen molar-refractivity contribution in [2.24, 2.45) is 12.8 Å². The van der Waals surface area contributed by atoms with Gasteiger partial charge in [-0.05, 0) is 18.2 Å². The number of nitrogens with two attached hydrogens (primary N) is 1. The summed E-state index contributed by atoms with van der Waals surface area (Å²) >= 11 is 10.6. The van der Waals surface area contributed by atoms with Gasteiger partial charge in [0.05, 0.1) is 17.3 Å². The van der Waals surface area contributed by atoms with Crippen molar-refractivity contribution < 1.29 is 9.18 Å². The lowest BCUT2D eigenvalue weighted by atomic mass is 10.2. The summed E-state index contributed by atoms with van der Waals surface area (Å²) in [6.07, 6.45) is 1.42. The largest absolute Gasteiger partial charge is 0.389 e. The summed E-state index contributed by atoms with van der Waals surface area (Å²) in [5.74, 6) is -1.04. The standard InChI is InChI=1S/C12H10ClFN4OS/c1-18-11(8(5-16-18)10(15)20)17-12(19)7-4-6(13)2-3-9(7)14/h2-5H,1H3,(H2,15,20)(H,17,19). The summed E-state index contributed by atoms with van der Waals surface area (Å²) in [6.45, 7) is 0. The molecule has 20 heavy (non-hydrogen) atoms. The van der Waals surface area contributed by atoms with Crippen LogP contribution >= 0.6 is 23.8 Å². The Morgan fingerprint density at radius 2 is 2.20 bits per heavy atom. The minimum Gasteiger partial charge on any atom is -0.389 e. The highest BCUT2D eigenvalue weighted by molar-refractivity contribution is 7.80. The Hall–Kier alpha value is -1.99. The monoisotopic (exact) mass is 312 g/mol. The molecule has 1 aromatic carbocycles. The van der Waals surface area contributed by atoms with Crippen LogP contribution in [0.25, 0.3) is 0 Å². The molecule has 0 spiro atoms. The second-order valence-electron chi connectivity index (χ2n) is 3.97. The molecule has 0 fully saturated rings. The number of rotatable bonds is 3. The van der Waals surface area contributed by atoms with E-state index in [1.165, 1.54) is 23.0 Å². The molecule has 0 aliphatic carbocycles. The number of aryl methyl sites for hydroxylation is 1. The van der Waals surface area contributed by atoms with Gasteiger partial charge in [-0.15, -0.1) is 0 Å². The third-order valence-corrected chi connectivity index (χ3v) is 3.06. The Bertz CT molecular complexity index is 701. The van der Waals surface area contributed by atoms with Gasteiger partial charge in [-0.2, -0.15) is 5.10 Å². The number of benzene rings is 1. The molecule has 8 heteroatoms. The van der Waals surface area contributed by atoms with Gasteiger partial charge in [-0.1, -0.05) is 23.8 Å². The molecule has 0 aliphatic rings. The fraction of sp³-hybridized carbons (Fsp3) is 0.0833. The third-order valence-electron chi connectivity index (χ3n) is 2.61. The number of amides is 1. The number of carbonyl (C=O) groups excluding carboxylic acids is 1. The van der Waals surface area contributed by atoms with Crippen molar-refractivity contribution in [2.45, 2.75) is 0 Å². The van der Waals surface area contributed by atoms with Crippen LogP contribution in [-0.4, -0.2) is 20.7 Å². The van der Waals surface area contributed by atoms with Crippen LogP contribution in [0.4, 0.5) is 10.2 Å². The summed E-state index contributed by atoms with van der Waals surface area (Å²) in [4.78, 5) is 12.2. The maximum atomic E-state index is 13.6. The van der Waals surface area contributed by atoms with Gasteiger partial charge < -0.3 is 11.1 Å². The van der Waals surface area contributed by atoms with E-state index in [2.05, 4.69) is 10.4 Å². The Labute approximate surface area is 124 Å². The van der Waals surface area contributed by atoms with E-state index in [1.807, 2.05) is 0 Å². The van der Waals surface area contributed by atoms with E-state index < -0.39 is 11.7 Å². The molecule has 0 atom stereocenters. The molecule has 0 saturated carbocycles. The second-order valence-corrected chi connectivity index (χ2v) is 4.85. The molecule has 0 aliphatic heterocycles. The first-order valence-electron chi connectivity index (χ1n) is 5.48. The first-order chi connectivity index (χ1) is 9.40. The summed E-state index contributed by atoms with van der Waals surface area (Å²) in [6, 6.07) is 3.72. The Morgan fingerprint density at radius 1 is 1.50 bits per heavy atom. The van der Waals surface area contributed by atoms with Crippen LogP contribution in [0.2, 0.25) is 5.02 Å². The number of hydrogen-bond donors (Lipinski definition) is 2. The van der Waals surface area contributed by atoms with Crippen LogP contribution in [0.5, 0.6) is 0 Å². The highest BCUT2D eigenvalue weighted by atomic mass is 35.5. The molecule has 1 heterocycles. The van der Waals surface area contributed by atoms with Gasteiger partial charge in [0.25, 0.3) is 5.91 Å². The molecule has 1 amide bonds. The van der Waals surface area contributed by atoms with Crippen molar-refractivity contribution in [3.05, 3.63) is 46.4 Å². The molecule has 2 rings (SSSR count). The number of aromatic nitrogens is 2. The predicted octanol–water partition coefficient (Wildman–Crippen LogP) is 2.10. The van der Waals surface area contributed by atoms with Crippen LogP contribution in [0.3, 0.4) is 0 Å². The maximum Gasteiger partial charge on any atom is 0.259 e. The fourth-order valence-corrected chi connectivity index (χ4v) is 1.93. The number of halogens is 2. The SMILES string of the molecule is Cn1ncc(C(N)=S)c1NC(=O)c1cc(Cl)ccc1F. The first-order valence-corrected chi connectivity index (χ1v) is 6.27. The van der Waals surface area contributed by atoms with Crippen molar-refractivity contribution in [1.29, 1.82) is 0 Å². The van der Waals surface area contributed by atoms with E-state index in [1.54, 1.807) is 7.05 Å². The van der Waals surface area contributed by atoms with E-state index in [-0.39, 0.29) is 15.6 Å². The number of thiocarbonyl (C=S) groups is 1. The minimum atomic E-state index is -0.675. The van der Waals surface area contributed by atoms with Crippen LogP contribution in [0.1, 0.15) is 15.9 Å². The minimum absolute atomic E-state index is 0.0833. The molecule has 0 radical (unpaired) electrons. The molecule has 5 nitrogen and oxygen atoms in total. The molecule has 0 unspecified atom stereocenters. The molecule has 0 saturated heterocycles. The third kappa shape index (κ3) is 2.78. The molecule has 1 aromatic heterocycles. The van der Waals surface area contributed by atoms with Crippen molar-refractivity contribution in [3.8, 4) is 0 Å². The van der Waals surface area contributed by atoms with Gasteiger partial charge in [0.2, 0.25) is 0 Å². The van der Waals surface area contributed by atoms with Crippen molar-refractivity contribution >= 4 is 40.5 Å². The van der Waals surface area contributed by atoms with Crippen LogP contribution in [-0.2, 0) is 7.05 Å². The van der Waals surface area contributed by atoms with Gasteiger partial charge in [-0.3, -0.25) is 9.48 Å². The van der Waals surface area contributed by atoms with Gasteiger partial charge in [-0.25, -0.2) is 4.39 Å². The summed E-state index contributed by atoms with van der Waals surface area (Å²) < 4.78 is 15.0. The van der Waals surface area contributed by atoms with Crippen LogP contribution in [0.15, 0.2) is 24.4 Å². The zero-order valence-electron chi connectivity index (χ0n) is 10.4. The predicted molar refractivity (Wildman–Crippen MR) is 78.5 cm³/mol. The van der Waals surface area contributed by atoms with Crippen LogP contribution in [0, 0.1) is 5.82 Å². The van der Waals surface area contributed by atoms with E-state index in [0.717, 1.165) is 6.07 Å². The Morgan fingerprint density at radius 3 is 2.85 bits per heavy atom. The quantitative estimate of drug-likeness (QED) is 0.851. The molecular weight excluding hydrogens is 303 g/mol. The van der Waals surface area contributed by atoms with E-state index >= 15 is 0 Å². The maximum absolute atomic E-state index is 13.6. The van der Waals surface area contributed by atoms with E-state index in [0.29, 0.717) is 11.4 Å². The highest BCUT2D eigenvalue weighted by Crippen LogP contribution is 2.19. The number of nitrogens with one attached hydrogen (secondary N) is 1. The fourth-order valence-electron chi connectivity index (χ4n) is 1.61. The van der Waals surface area contributed by atoms with Gasteiger partial charge in [0, 0.05) is 12.1 Å². The zero-order valence-corrected chi connectivity index (χ0v) is 11.9. The molecule has 104 valence electrons. The normalized spacial score (nSPS) is 10.3. The van der Waals surface area contributed by atoms with E-state index in [9.17, 15) is 9.18 Å². The number of anilines is 1. The average molecular weight is 313 g/mol. The first kappa shape index (κ1) is 14.4. The van der Waals surface area contributed by atoms with Crippen molar-refractivity contribution in [1.82, 2.24) is 9.78 Å². The Kier molecular flexibility index (Phi) is 4.01. The summed E-state index contributed by atoms with van der Waals surface area (Å²) in [5, 5.41) is 6.72. The molecule has 2 aromatic rings. The highest BCUT2D eigenvalue weighted by Gasteiger charge is 2.17. The number of hydrogen-bond acceptors (Lipinski definition) is 3. The molecule has 3 N–H and O–H groups in total. The van der Waals surface area contributed by atoms with Crippen LogP contribution < -0.4 is 11.1 Å². The van der Waals surface area contributed by atoms with E-state index in [4.69, 9.17) is 29.6 Å². The van der Waals surface area contributed by atoms with Gasteiger partial charge in [0.15, 0.2) is 0 Å². The lowest BCUT2D eigenvalue weighted by Crippen LogP contribution is -2.19. The lowest BCUT2D eigenvalue weighted by molar-refractivity contribution is 0.102. The summed E-state index contributed by atoms with van der Waals surface area (Å²) in [5.41, 5.74) is 5.76. The molecule has 0 bridgehead atoms. The average Bonchev–Trinajstić information content (AvgIpc) is 2.74.